The summed E-state index contributed by atoms with van der Waals surface area (Å²) < 4.78 is 12.9. The minimum Gasteiger partial charge on any atom is -0.493 e. The standard InChI is InChI=1S/C35H45ClN2O2/c1-4-24(2)20-26-22-35(32(36)21-27(26)23-37)40-34-15-14-30-29(11-7-12-31(30)34)28-10-8-13-33(25(28)3)39-19-9-18-38-16-5-6-17-38/h7-8,10-13,21-22,24,34H,4-6,9,14-20,23,37H2,1-3H3/t24?,34-/m0/s1. The number of benzene rings is 3. The van der Waals surface area contributed by atoms with Gasteiger partial charge in [-0.05, 0) is 122 Å². The molecule has 2 aliphatic rings. The van der Waals surface area contributed by atoms with Gasteiger partial charge in [0, 0.05) is 13.1 Å². The zero-order valence-corrected chi connectivity index (χ0v) is 25.2. The molecular formula is C35H45ClN2O2. The van der Waals surface area contributed by atoms with Crippen molar-refractivity contribution in [2.45, 2.75) is 78.4 Å². The van der Waals surface area contributed by atoms with Crippen LogP contribution in [-0.4, -0.2) is 31.1 Å². The van der Waals surface area contributed by atoms with E-state index < -0.39 is 0 Å². The Labute approximate surface area is 245 Å². The van der Waals surface area contributed by atoms with Crippen molar-refractivity contribution in [2.24, 2.45) is 11.7 Å². The molecule has 40 heavy (non-hydrogen) atoms. The fourth-order valence-electron chi connectivity index (χ4n) is 6.31. The highest BCUT2D eigenvalue weighted by Gasteiger charge is 2.28. The Bertz CT molecular complexity index is 1300. The summed E-state index contributed by atoms with van der Waals surface area (Å²) in [6.07, 6.45) is 7.76. The molecule has 3 aromatic rings. The third-order valence-corrected chi connectivity index (χ3v) is 9.17. The number of nitrogens with two attached hydrogens (primary N) is 1. The van der Waals surface area contributed by atoms with Gasteiger partial charge in [0.05, 0.1) is 11.6 Å². The molecule has 0 amide bonds. The van der Waals surface area contributed by atoms with Gasteiger partial charge in [0.2, 0.25) is 0 Å². The van der Waals surface area contributed by atoms with Gasteiger partial charge >= 0.3 is 0 Å². The van der Waals surface area contributed by atoms with Crippen LogP contribution >= 0.6 is 11.6 Å². The van der Waals surface area contributed by atoms with Gasteiger partial charge in [-0.25, -0.2) is 0 Å². The molecule has 1 aliphatic carbocycles. The summed E-state index contributed by atoms with van der Waals surface area (Å²) in [5.41, 5.74) is 14.8. The van der Waals surface area contributed by atoms with Gasteiger partial charge in [-0.1, -0.05) is 62.2 Å². The highest BCUT2D eigenvalue weighted by molar-refractivity contribution is 6.32. The van der Waals surface area contributed by atoms with Crippen molar-refractivity contribution in [1.82, 2.24) is 4.90 Å². The van der Waals surface area contributed by atoms with Crippen molar-refractivity contribution in [2.75, 3.05) is 26.2 Å². The molecule has 214 valence electrons. The van der Waals surface area contributed by atoms with E-state index in [2.05, 4.69) is 68.1 Å². The van der Waals surface area contributed by atoms with Crippen molar-refractivity contribution >= 4 is 11.6 Å². The molecular weight excluding hydrogens is 516 g/mol. The predicted octanol–water partition coefficient (Wildman–Crippen LogP) is 8.29. The molecule has 5 rings (SSSR count). The summed E-state index contributed by atoms with van der Waals surface area (Å²) >= 11 is 6.71. The second-order valence-electron chi connectivity index (χ2n) is 11.7. The van der Waals surface area contributed by atoms with E-state index in [0.29, 0.717) is 17.5 Å². The number of likely N-dealkylation sites (tertiary alicyclic amines) is 1. The first kappa shape index (κ1) is 29.0. The van der Waals surface area contributed by atoms with Crippen LogP contribution in [0.4, 0.5) is 0 Å². The number of nitrogens with zero attached hydrogens (tertiary/aromatic N) is 1. The van der Waals surface area contributed by atoms with Crippen LogP contribution < -0.4 is 15.2 Å². The number of fused-ring (bicyclic) bond motifs is 1. The number of hydrogen-bond acceptors (Lipinski definition) is 4. The number of hydrogen-bond donors (Lipinski definition) is 1. The van der Waals surface area contributed by atoms with Gasteiger partial charge in [0.15, 0.2) is 0 Å². The molecule has 4 nitrogen and oxygen atoms in total. The maximum Gasteiger partial charge on any atom is 0.139 e. The van der Waals surface area contributed by atoms with Gasteiger partial charge in [-0.2, -0.15) is 0 Å². The van der Waals surface area contributed by atoms with Gasteiger partial charge in [-0.15, -0.1) is 0 Å². The van der Waals surface area contributed by atoms with E-state index in [9.17, 15) is 0 Å². The lowest BCUT2D eigenvalue weighted by Gasteiger charge is -2.20. The molecule has 0 bridgehead atoms. The SMILES string of the molecule is CCC(C)Cc1cc(O[C@H]2CCc3c(-c4cccc(OCCCN5CCCC5)c4C)cccc32)c(Cl)cc1CN. The molecule has 0 aromatic heterocycles. The van der Waals surface area contributed by atoms with Crippen LogP contribution in [0, 0.1) is 12.8 Å². The largest absolute Gasteiger partial charge is 0.493 e. The van der Waals surface area contributed by atoms with Gasteiger partial charge in [0.25, 0.3) is 0 Å². The first-order valence-corrected chi connectivity index (χ1v) is 15.6. The van der Waals surface area contributed by atoms with Crippen molar-refractivity contribution in [3.05, 3.63) is 81.4 Å². The van der Waals surface area contributed by atoms with Crippen molar-refractivity contribution in [1.29, 1.82) is 0 Å². The van der Waals surface area contributed by atoms with Crippen LogP contribution in [-0.2, 0) is 19.4 Å². The molecule has 1 fully saturated rings. The monoisotopic (exact) mass is 560 g/mol. The van der Waals surface area contributed by atoms with Crippen LogP contribution in [0.25, 0.3) is 11.1 Å². The van der Waals surface area contributed by atoms with E-state index in [1.54, 1.807) is 0 Å². The molecule has 2 atom stereocenters. The van der Waals surface area contributed by atoms with Crippen LogP contribution in [0.1, 0.15) is 79.9 Å². The van der Waals surface area contributed by atoms with E-state index in [-0.39, 0.29) is 6.10 Å². The minimum absolute atomic E-state index is 0.0158. The first-order chi connectivity index (χ1) is 19.5. The lowest BCUT2D eigenvalue weighted by Crippen LogP contribution is -2.22. The Kier molecular flexibility index (Phi) is 9.72. The van der Waals surface area contributed by atoms with E-state index >= 15 is 0 Å². The molecule has 0 saturated carbocycles. The maximum absolute atomic E-state index is 6.71. The fourth-order valence-corrected chi connectivity index (χ4v) is 6.54. The molecule has 3 aromatic carbocycles. The minimum atomic E-state index is -0.0158. The van der Waals surface area contributed by atoms with E-state index in [0.717, 1.165) is 62.3 Å². The second-order valence-corrected chi connectivity index (χ2v) is 12.1. The van der Waals surface area contributed by atoms with Crippen LogP contribution in [0.15, 0.2) is 48.5 Å². The zero-order valence-electron chi connectivity index (χ0n) is 24.5. The van der Waals surface area contributed by atoms with Crippen LogP contribution in [0.3, 0.4) is 0 Å². The van der Waals surface area contributed by atoms with Gasteiger partial charge in [-0.3, -0.25) is 0 Å². The zero-order chi connectivity index (χ0) is 28.1. The summed E-state index contributed by atoms with van der Waals surface area (Å²) in [5.74, 6) is 2.34. The average Bonchev–Trinajstić information content (AvgIpc) is 3.64. The van der Waals surface area contributed by atoms with E-state index in [4.69, 9.17) is 26.8 Å². The first-order valence-electron chi connectivity index (χ1n) is 15.2. The maximum atomic E-state index is 6.71. The average molecular weight is 561 g/mol. The number of halogens is 1. The fraction of sp³-hybridized carbons (Fsp3) is 0.486. The molecule has 0 radical (unpaired) electrons. The molecule has 1 unspecified atom stereocenters. The molecule has 5 heteroatoms. The highest BCUT2D eigenvalue weighted by Crippen LogP contribution is 2.43. The second kappa shape index (κ2) is 13.4. The third kappa shape index (κ3) is 6.51. The molecule has 1 heterocycles. The Morgan fingerprint density at radius 1 is 1.02 bits per heavy atom. The molecule has 2 N–H and O–H groups in total. The quantitative estimate of drug-likeness (QED) is 0.226. The Morgan fingerprint density at radius 3 is 2.58 bits per heavy atom. The van der Waals surface area contributed by atoms with Gasteiger partial charge < -0.3 is 20.1 Å². The topological polar surface area (TPSA) is 47.7 Å². The highest BCUT2D eigenvalue weighted by atomic mass is 35.5. The van der Waals surface area contributed by atoms with Crippen LogP contribution in [0.5, 0.6) is 11.5 Å². The summed E-state index contributed by atoms with van der Waals surface area (Å²) in [6.45, 7) is 11.5. The van der Waals surface area contributed by atoms with Gasteiger partial charge in [0.1, 0.15) is 17.6 Å². The Balaban J connectivity index is 1.33. The molecule has 0 spiro atoms. The number of ether oxygens (including phenoxy) is 2. The molecule has 1 aliphatic heterocycles. The third-order valence-electron chi connectivity index (χ3n) is 8.87. The normalized spacial score (nSPS) is 17.7. The number of rotatable bonds is 12. The van der Waals surface area contributed by atoms with E-state index in [1.165, 1.54) is 59.3 Å². The predicted molar refractivity (Wildman–Crippen MR) is 167 cm³/mol. The summed E-state index contributed by atoms with van der Waals surface area (Å²) in [4.78, 5) is 2.55. The Hall–Kier alpha value is -2.53. The Morgan fingerprint density at radius 2 is 1.80 bits per heavy atom. The van der Waals surface area contributed by atoms with E-state index in [1.807, 2.05) is 6.07 Å². The summed E-state index contributed by atoms with van der Waals surface area (Å²) in [6, 6.07) is 17.2. The lowest BCUT2D eigenvalue weighted by atomic mass is 9.93. The van der Waals surface area contributed by atoms with Crippen molar-refractivity contribution in [3.63, 3.8) is 0 Å². The summed E-state index contributed by atoms with van der Waals surface area (Å²) in [7, 11) is 0. The van der Waals surface area contributed by atoms with Crippen LogP contribution in [0.2, 0.25) is 5.02 Å². The van der Waals surface area contributed by atoms with Crippen molar-refractivity contribution < 1.29 is 9.47 Å². The summed E-state index contributed by atoms with van der Waals surface area (Å²) in [5, 5.41) is 0.642. The molecule has 1 saturated heterocycles. The lowest BCUT2D eigenvalue weighted by molar-refractivity contribution is 0.207. The van der Waals surface area contributed by atoms with Crippen molar-refractivity contribution in [3.8, 4) is 22.6 Å². The smallest absolute Gasteiger partial charge is 0.139 e.